The smallest absolute Gasteiger partial charge is 0.372 e. The lowest BCUT2D eigenvalue weighted by Gasteiger charge is -2.40. The SMILES string of the molecule is C=C1CCCC(=O)N1.Cn1ncc2ccc(N3CCN(CC4CCN(c5ccc(C6=C(CC(F)(F)F)CCCc7c6ccc6n[nH]c(F)c76)cc5)CC4)CC3)cc21. The molecule has 3 saturated heterocycles. The van der Waals surface area contributed by atoms with Crippen molar-refractivity contribution in [3.63, 3.8) is 0 Å². The Bertz CT molecular complexity index is 2260. The number of aromatic amines is 1. The summed E-state index contributed by atoms with van der Waals surface area (Å²) < 4.78 is 58.1. The molecule has 1 aliphatic carbocycles. The van der Waals surface area contributed by atoms with Gasteiger partial charge in [0, 0.05) is 81.7 Å². The minimum atomic E-state index is -4.33. The van der Waals surface area contributed by atoms with E-state index in [0.29, 0.717) is 59.2 Å². The van der Waals surface area contributed by atoms with E-state index in [1.54, 1.807) is 6.07 Å². The molecule has 0 atom stereocenters. The number of nitrogens with zero attached hydrogens (tertiary/aromatic N) is 6. The predicted octanol–water partition coefficient (Wildman–Crippen LogP) is 8.52. The van der Waals surface area contributed by atoms with E-state index in [-0.39, 0.29) is 5.91 Å². The molecule has 5 aromatic rings. The maximum atomic E-state index is 14.8. The molecule has 3 fully saturated rings. The number of piperazine rings is 1. The average Bonchev–Trinajstić information content (AvgIpc) is 3.71. The third-order valence-corrected chi connectivity index (χ3v) is 12.0. The van der Waals surface area contributed by atoms with Gasteiger partial charge in [0.15, 0.2) is 0 Å². The molecule has 0 unspecified atom stereocenters. The standard InChI is InChI=1S/C38H41F4N7.C6H9NO/c1-46-34-21-30(10-7-28(34)23-43-46)49-19-17-47(18-20-49)24-25-13-15-48(16-14-25)29-8-5-26(6-9-29)35-27(22-38(40,41)42)3-2-4-31-32(35)11-12-33-36(31)37(39)45-44-33;1-5-3-2-4-6(8)7-5/h5-12,21,23,25H,2-4,13-20,22,24H2,1H3,(H,44,45);1-4H2,(H,7,8). The van der Waals surface area contributed by atoms with Crippen LogP contribution in [0.15, 0.2) is 78.6 Å². The maximum Gasteiger partial charge on any atom is 0.392 e. The van der Waals surface area contributed by atoms with E-state index < -0.39 is 18.5 Å². The van der Waals surface area contributed by atoms with Gasteiger partial charge in [-0.1, -0.05) is 30.4 Å². The van der Waals surface area contributed by atoms with Crippen molar-refractivity contribution in [1.29, 1.82) is 0 Å². The number of piperidine rings is 2. The van der Waals surface area contributed by atoms with Crippen LogP contribution in [0.3, 0.4) is 0 Å². The third-order valence-electron chi connectivity index (χ3n) is 12.0. The van der Waals surface area contributed by atoms with Crippen molar-refractivity contribution in [2.75, 3.05) is 55.6 Å². The number of rotatable bonds is 6. The van der Waals surface area contributed by atoms with Crippen molar-refractivity contribution < 1.29 is 22.4 Å². The molecule has 4 aliphatic rings. The number of benzene rings is 3. The molecule has 5 heterocycles. The lowest BCUT2D eigenvalue weighted by molar-refractivity contribution is -0.127. The number of hydrogen-bond acceptors (Lipinski definition) is 6. The van der Waals surface area contributed by atoms with Crippen molar-refractivity contribution in [1.82, 2.24) is 30.2 Å². The molecule has 1 amide bonds. The Morgan fingerprint density at radius 2 is 1.58 bits per heavy atom. The lowest BCUT2D eigenvalue weighted by atomic mass is 9.88. The average molecular weight is 783 g/mol. The molecule has 3 aliphatic heterocycles. The second kappa shape index (κ2) is 16.4. The van der Waals surface area contributed by atoms with Crippen LogP contribution < -0.4 is 15.1 Å². The second-order valence-corrected chi connectivity index (χ2v) is 15.9. The summed E-state index contributed by atoms with van der Waals surface area (Å²) >= 11 is 0. The molecule has 300 valence electrons. The first-order chi connectivity index (χ1) is 27.5. The molecule has 9 rings (SSSR count). The first-order valence-corrected chi connectivity index (χ1v) is 20.2. The quantitative estimate of drug-likeness (QED) is 0.168. The van der Waals surface area contributed by atoms with Gasteiger partial charge in [-0.05, 0) is 110 Å². The van der Waals surface area contributed by atoms with Gasteiger partial charge in [-0.25, -0.2) is 0 Å². The van der Waals surface area contributed by atoms with E-state index in [4.69, 9.17) is 0 Å². The van der Waals surface area contributed by atoms with E-state index in [2.05, 4.69) is 60.1 Å². The van der Waals surface area contributed by atoms with E-state index in [0.717, 1.165) is 99.5 Å². The Kier molecular flexibility index (Phi) is 11.1. The number of carbonyl (C=O) groups is 1. The fourth-order valence-corrected chi connectivity index (χ4v) is 9.09. The number of halogens is 4. The topological polar surface area (TPSA) is 85.3 Å². The zero-order valence-electron chi connectivity index (χ0n) is 32.5. The number of amides is 1. The van der Waals surface area contributed by atoms with Crippen LogP contribution in [0, 0.1) is 11.9 Å². The van der Waals surface area contributed by atoms with Crippen LogP contribution in [0.1, 0.15) is 68.1 Å². The summed E-state index contributed by atoms with van der Waals surface area (Å²) in [5.74, 6) is 0.220. The summed E-state index contributed by atoms with van der Waals surface area (Å²) in [6.45, 7) is 10.8. The van der Waals surface area contributed by atoms with Gasteiger partial charge in [0.2, 0.25) is 11.9 Å². The van der Waals surface area contributed by atoms with Gasteiger partial charge < -0.3 is 15.1 Å². The van der Waals surface area contributed by atoms with Gasteiger partial charge in [-0.15, -0.1) is 0 Å². The van der Waals surface area contributed by atoms with Gasteiger partial charge in [0.25, 0.3) is 0 Å². The highest BCUT2D eigenvalue weighted by Gasteiger charge is 2.33. The number of nitrogens with one attached hydrogen (secondary N) is 2. The van der Waals surface area contributed by atoms with Gasteiger partial charge in [0.1, 0.15) is 0 Å². The number of allylic oxidation sites excluding steroid dienone is 2. The zero-order valence-corrected chi connectivity index (χ0v) is 32.5. The Labute approximate surface area is 330 Å². The number of hydrogen-bond donors (Lipinski definition) is 2. The number of aryl methyl sites for hydroxylation is 2. The molecular formula is C44H50F4N8O. The molecule has 0 radical (unpaired) electrons. The highest BCUT2D eigenvalue weighted by atomic mass is 19.4. The van der Waals surface area contributed by atoms with E-state index in [9.17, 15) is 22.4 Å². The summed E-state index contributed by atoms with van der Waals surface area (Å²) in [6.07, 6.45) is 2.75. The number of anilines is 2. The largest absolute Gasteiger partial charge is 0.392 e. The zero-order chi connectivity index (χ0) is 39.7. The van der Waals surface area contributed by atoms with Gasteiger partial charge >= 0.3 is 6.18 Å². The Morgan fingerprint density at radius 1 is 0.860 bits per heavy atom. The Hall–Kier alpha value is -5.17. The van der Waals surface area contributed by atoms with Crippen molar-refractivity contribution >= 4 is 44.7 Å². The molecular weight excluding hydrogens is 733 g/mol. The monoisotopic (exact) mass is 782 g/mol. The Balaban J connectivity index is 0.000000509. The summed E-state index contributed by atoms with van der Waals surface area (Å²) in [6, 6.07) is 18.1. The summed E-state index contributed by atoms with van der Waals surface area (Å²) in [4.78, 5) is 18.0. The van der Waals surface area contributed by atoms with Crippen LogP contribution in [-0.2, 0) is 18.3 Å². The van der Waals surface area contributed by atoms with Gasteiger partial charge in [-0.2, -0.15) is 27.8 Å². The fraction of sp³-hybridized carbons (Fsp3) is 0.432. The normalized spacial score (nSPS) is 18.8. The maximum absolute atomic E-state index is 14.8. The third kappa shape index (κ3) is 8.73. The predicted molar refractivity (Wildman–Crippen MR) is 218 cm³/mol. The first kappa shape index (κ1) is 38.7. The minimum Gasteiger partial charge on any atom is -0.372 e. The molecule has 0 bridgehead atoms. The van der Waals surface area contributed by atoms with Crippen LogP contribution in [0.4, 0.5) is 28.9 Å². The Morgan fingerprint density at radius 3 is 2.28 bits per heavy atom. The number of alkyl halides is 3. The van der Waals surface area contributed by atoms with Crippen LogP contribution in [0.2, 0.25) is 0 Å². The van der Waals surface area contributed by atoms with E-state index >= 15 is 0 Å². The van der Waals surface area contributed by atoms with Crippen LogP contribution in [0.5, 0.6) is 0 Å². The summed E-state index contributed by atoms with van der Waals surface area (Å²) in [5.41, 5.74) is 7.95. The van der Waals surface area contributed by atoms with Gasteiger partial charge in [0.05, 0.1) is 29.0 Å². The highest BCUT2D eigenvalue weighted by molar-refractivity contribution is 5.93. The number of H-pyrrole nitrogens is 1. The molecule has 3 aromatic carbocycles. The van der Waals surface area contributed by atoms with Gasteiger partial charge in [-0.3, -0.25) is 19.5 Å². The number of aromatic nitrogens is 4. The number of fused-ring (bicyclic) bond motifs is 4. The van der Waals surface area contributed by atoms with Crippen LogP contribution in [-0.4, -0.2) is 82.8 Å². The van der Waals surface area contributed by atoms with Crippen molar-refractivity contribution in [2.45, 2.75) is 64.0 Å². The van der Waals surface area contributed by atoms with E-state index in [1.807, 2.05) is 48.3 Å². The van der Waals surface area contributed by atoms with Crippen LogP contribution >= 0.6 is 0 Å². The highest BCUT2D eigenvalue weighted by Crippen LogP contribution is 2.42. The minimum absolute atomic E-state index is 0.112. The molecule has 2 N–H and O–H groups in total. The summed E-state index contributed by atoms with van der Waals surface area (Å²) in [5, 5.41) is 15.0. The molecule has 13 heteroatoms. The fourth-order valence-electron chi connectivity index (χ4n) is 9.09. The molecule has 0 spiro atoms. The lowest BCUT2D eigenvalue weighted by Crippen LogP contribution is -2.49. The van der Waals surface area contributed by atoms with Crippen molar-refractivity contribution in [3.8, 4) is 0 Å². The molecule has 57 heavy (non-hydrogen) atoms. The number of carbonyl (C=O) groups excluding carboxylic acids is 1. The van der Waals surface area contributed by atoms with Crippen molar-refractivity contribution in [3.05, 3.63) is 101 Å². The van der Waals surface area contributed by atoms with Crippen molar-refractivity contribution in [2.24, 2.45) is 13.0 Å². The second-order valence-electron chi connectivity index (χ2n) is 15.9. The first-order valence-electron chi connectivity index (χ1n) is 20.2. The summed E-state index contributed by atoms with van der Waals surface area (Å²) in [7, 11) is 1.99. The molecule has 0 saturated carbocycles. The molecule has 2 aromatic heterocycles. The molecule has 9 nitrogen and oxygen atoms in total. The van der Waals surface area contributed by atoms with E-state index in [1.165, 1.54) is 11.1 Å². The van der Waals surface area contributed by atoms with Crippen LogP contribution in [0.25, 0.3) is 27.4 Å².